The number of fused-ring (bicyclic) bond motifs is 1. The van der Waals surface area contributed by atoms with E-state index < -0.39 is 0 Å². The van der Waals surface area contributed by atoms with Crippen LogP contribution in [0.3, 0.4) is 0 Å². The van der Waals surface area contributed by atoms with Gasteiger partial charge in [0.1, 0.15) is 0 Å². The van der Waals surface area contributed by atoms with Crippen molar-refractivity contribution in [1.82, 2.24) is 9.80 Å². The highest BCUT2D eigenvalue weighted by Crippen LogP contribution is 2.23. The van der Waals surface area contributed by atoms with E-state index in [0.29, 0.717) is 16.5 Å². The lowest BCUT2D eigenvalue weighted by Crippen LogP contribution is -2.39. The second-order valence-corrected chi connectivity index (χ2v) is 6.60. The molecule has 5 heteroatoms. The molecule has 1 aromatic heterocycles. The molecular formula is C15H20N2O2S. The Hall–Kier alpha value is -1.20. The molecule has 20 heavy (non-hydrogen) atoms. The standard InChI is InChI=1S/C15H20N2O2S/c1-11(18)14-8-12(10-20-14)15(19)17-7-3-6-16-5-2-4-13(16)9-17/h8,10,13H,2-7,9H2,1H3. The van der Waals surface area contributed by atoms with Crippen LogP contribution in [0.25, 0.3) is 0 Å². The number of carbonyl (C=O) groups excluding carboxylic acids is 2. The van der Waals surface area contributed by atoms with E-state index in [9.17, 15) is 9.59 Å². The van der Waals surface area contributed by atoms with Crippen LogP contribution in [-0.2, 0) is 0 Å². The molecule has 108 valence electrons. The molecule has 0 spiro atoms. The van der Waals surface area contributed by atoms with Gasteiger partial charge in [0.25, 0.3) is 5.91 Å². The smallest absolute Gasteiger partial charge is 0.254 e. The number of nitrogens with zero attached hydrogens (tertiary/aromatic N) is 2. The highest BCUT2D eigenvalue weighted by Gasteiger charge is 2.31. The maximum absolute atomic E-state index is 12.6. The van der Waals surface area contributed by atoms with Gasteiger partial charge in [0.2, 0.25) is 0 Å². The molecule has 0 N–H and O–H groups in total. The van der Waals surface area contributed by atoms with E-state index >= 15 is 0 Å². The van der Waals surface area contributed by atoms with Crippen molar-refractivity contribution in [3.63, 3.8) is 0 Å². The van der Waals surface area contributed by atoms with Crippen LogP contribution in [0.4, 0.5) is 0 Å². The van der Waals surface area contributed by atoms with E-state index in [-0.39, 0.29) is 11.7 Å². The van der Waals surface area contributed by atoms with Crippen LogP contribution in [0.2, 0.25) is 0 Å². The minimum Gasteiger partial charge on any atom is -0.337 e. The van der Waals surface area contributed by atoms with E-state index in [2.05, 4.69) is 4.90 Å². The summed E-state index contributed by atoms with van der Waals surface area (Å²) in [4.78, 5) is 29.1. The van der Waals surface area contributed by atoms with E-state index in [4.69, 9.17) is 0 Å². The Morgan fingerprint density at radius 3 is 2.80 bits per heavy atom. The van der Waals surface area contributed by atoms with Gasteiger partial charge >= 0.3 is 0 Å². The topological polar surface area (TPSA) is 40.6 Å². The third-order valence-corrected chi connectivity index (χ3v) is 5.32. The molecule has 0 saturated carbocycles. The second-order valence-electron chi connectivity index (χ2n) is 5.69. The average Bonchev–Trinajstić information content (AvgIpc) is 3.03. The van der Waals surface area contributed by atoms with Crippen LogP contribution in [-0.4, -0.2) is 53.7 Å². The zero-order valence-electron chi connectivity index (χ0n) is 11.8. The SMILES string of the molecule is CC(=O)c1cc(C(=O)N2CCCN3CCCC3C2)cs1. The molecule has 0 radical (unpaired) electrons. The highest BCUT2D eigenvalue weighted by atomic mass is 32.1. The number of rotatable bonds is 2. The Morgan fingerprint density at radius 2 is 2.05 bits per heavy atom. The summed E-state index contributed by atoms with van der Waals surface area (Å²) in [5.41, 5.74) is 0.673. The lowest BCUT2D eigenvalue weighted by Gasteiger charge is -2.25. The molecule has 1 unspecified atom stereocenters. The van der Waals surface area contributed by atoms with Gasteiger partial charge in [-0.3, -0.25) is 14.5 Å². The molecular weight excluding hydrogens is 272 g/mol. The van der Waals surface area contributed by atoms with Gasteiger partial charge < -0.3 is 4.90 Å². The predicted molar refractivity (Wildman–Crippen MR) is 79.4 cm³/mol. The van der Waals surface area contributed by atoms with Crippen LogP contribution >= 0.6 is 11.3 Å². The number of carbonyl (C=O) groups is 2. The summed E-state index contributed by atoms with van der Waals surface area (Å²) in [7, 11) is 0. The maximum Gasteiger partial charge on any atom is 0.254 e. The first kappa shape index (κ1) is 13.8. The highest BCUT2D eigenvalue weighted by molar-refractivity contribution is 7.12. The molecule has 1 atom stereocenters. The van der Waals surface area contributed by atoms with Crippen LogP contribution in [0.1, 0.15) is 46.2 Å². The minimum atomic E-state index is 0.0342. The number of thiophene rings is 1. The Labute approximate surface area is 123 Å². The van der Waals surface area contributed by atoms with Crippen LogP contribution in [0, 0.1) is 0 Å². The molecule has 2 aliphatic heterocycles. The second kappa shape index (κ2) is 5.66. The fourth-order valence-electron chi connectivity index (χ4n) is 3.21. The van der Waals surface area contributed by atoms with Gasteiger partial charge in [-0.05, 0) is 38.8 Å². The van der Waals surface area contributed by atoms with Crippen LogP contribution in [0.5, 0.6) is 0 Å². The summed E-state index contributed by atoms with van der Waals surface area (Å²) < 4.78 is 0. The van der Waals surface area contributed by atoms with Crippen molar-refractivity contribution in [1.29, 1.82) is 0 Å². The Morgan fingerprint density at radius 1 is 1.25 bits per heavy atom. The zero-order valence-corrected chi connectivity index (χ0v) is 12.6. The van der Waals surface area contributed by atoms with E-state index in [1.165, 1.54) is 30.7 Å². The lowest BCUT2D eigenvalue weighted by atomic mass is 10.2. The summed E-state index contributed by atoms with van der Waals surface area (Å²) in [6, 6.07) is 2.28. The number of hydrogen-bond acceptors (Lipinski definition) is 4. The first-order chi connectivity index (χ1) is 9.65. The first-order valence-electron chi connectivity index (χ1n) is 7.28. The van der Waals surface area contributed by atoms with Crippen molar-refractivity contribution >= 4 is 23.0 Å². The predicted octanol–water partition coefficient (Wildman–Crippen LogP) is 2.26. The zero-order chi connectivity index (χ0) is 14.1. The molecule has 2 saturated heterocycles. The Balaban J connectivity index is 1.73. The van der Waals surface area contributed by atoms with Gasteiger partial charge in [-0.25, -0.2) is 0 Å². The third kappa shape index (κ3) is 2.65. The fourth-order valence-corrected chi connectivity index (χ4v) is 3.99. The van der Waals surface area contributed by atoms with Crippen molar-refractivity contribution in [3.05, 3.63) is 21.9 Å². The normalized spacial score (nSPS) is 23.4. The van der Waals surface area contributed by atoms with Crippen molar-refractivity contribution in [3.8, 4) is 0 Å². The molecule has 4 nitrogen and oxygen atoms in total. The Bertz CT molecular complexity index is 526. The molecule has 2 fully saturated rings. The molecule has 2 aliphatic rings. The van der Waals surface area contributed by atoms with Gasteiger partial charge in [0.05, 0.1) is 10.4 Å². The maximum atomic E-state index is 12.6. The number of Topliss-reactive ketones (excluding diaryl/α,β-unsaturated/α-hetero) is 1. The van der Waals surface area contributed by atoms with E-state index in [0.717, 1.165) is 26.1 Å². The quantitative estimate of drug-likeness (QED) is 0.785. The van der Waals surface area contributed by atoms with Crippen molar-refractivity contribution < 1.29 is 9.59 Å². The summed E-state index contributed by atoms with van der Waals surface area (Å²) in [6.07, 6.45) is 3.50. The van der Waals surface area contributed by atoms with Gasteiger partial charge in [-0.15, -0.1) is 11.3 Å². The summed E-state index contributed by atoms with van der Waals surface area (Å²) in [5, 5.41) is 1.82. The molecule has 0 aliphatic carbocycles. The number of ketones is 1. The Kier molecular flexibility index (Phi) is 3.89. The first-order valence-corrected chi connectivity index (χ1v) is 8.16. The van der Waals surface area contributed by atoms with Gasteiger partial charge in [-0.1, -0.05) is 0 Å². The third-order valence-electron chi connectivity index (χ3n) is 4.28. The van der Waals surface area contributed by atoms with Crippen LogP contribution in [0.15, 0.2) is 11.4 Å². The molecule has 0 bridgehead atoms. The molecule has 1 aromatic rings. The summed E-state index contributed by atoms with van der Waals surface area (Å²) in [6.45, 7) is 5.50. The minimum absolute atomic E-state index is 0.0342. The number of amides is 1. The van der Waals surface area contributed by atoms with E-state index in [1.807, 2.05) is 10.3 Å². The van der Waals surface area contributed by atoms with Crippen molar-refractivity contribution in [2.45, 2.75) is 32.2 Å². The van der Waals surface area contributed by atoms with Crippen molar-refractivity contribution in [2.75, 3.05) is 26.2 Å². The lowest BCUT2D eigenvalue weighted by molar-refractivity contribution is 0.0744. The van der Waals surface area contributed by atoms with Crippen molar-refractivity contribution in [2.24, 2.45) is 0 Å². The summed E-state index contributed by atoms with van der Waals surface area (Å²) in [5.74, 6) is 0.120. The summed E-state index contributed by atoms with van der Waals surface area (Å²) >= 11 is 1.37. The average molecular weight is 292 g/mol. The molecule has 3 heterocycles. The largest absolute Gasteiger partial charge is 0.337 e. The van der Waals surface area contributed by atoms with Gasteiger partial charge in [0.15, 0.2) is 5.78 Å². The van der Waals surface area contributed by atoms with Crippen LogP contribution < -0.4 is 0 Å². The fraction of sp³-hybridized carbons (Fsp3) is 0.600. The van der Waals surface area contributed by atoms with Gasteiger partial charge in [-0.2, -0.15) is 0 Å². The number of hydrogen-bond donors (Lipinski definition) is 0. The molecule has 3 rings (SSSR count). The molecule has 1 amide bonds. The van der Waals surface area contributed by atoms with E-state index in [1.54, 1.807) is 13.0 Å². The molecule has 0 aromatic carbocycles. The van der Waals surface area contributed by atoms with Gasteiger partial charge in [0, 0.05) is 31.1 Å². The monoisotopic (exact) mass is 292 g/mol.